The zero-order chi connectivity index (χ0) is 87.8. The number of benzene rings is 1. The summed E-state index contributed by atoms with van der Waals surface area (Å²) in [6.45, 7) is 20.4. The first-order valence-electron chi connectivity index (χ1n) is 38.4. The van der Waals surface area contributed by atoms with Gasteiger partial charge in [-0.15, -0.1) is 0 Å². The van der Waals surface area contributed by atoms with Crippen LogP contribution in [0.2, 0.25) is 0 Å². The van der Waals surface area contributed by atoms with E-state index in [1.807, 2.05) is 0 Å². The minimum absolute atomic E-state index is 0.0105. The number of nitrogens with two attached hydrogens (primary N) is 5. The van der Waals surface area contributed by atoms with E-state index in [9.17, 15) is 96.8 Å². The van der Waals surface area contributed by atoms with Crippen molar-refractivity contribution in [3.63, 3.8) is 0 Å². The number of primary amides is 2. The lowest BCUT2D eigenvalue weighted by molar-refractivity contribution is -0.142. The number of carboxylic acids is 1. The van der Waals surface area contributed by atoms with Crippen LogP contribution < -0.4 is 103 Å². The normalized spacial score (nSPS) is 15.7. The zero-order valence-corrected chi connectivity index (χ0v) is 69.3. The van der Waals surface area contributed by atoms with Gasteiger partial charge < -0.3 is 118 Å². The van der Waals surface area contributed by atoms with Crippen LogP contribution >= 0.6 is 11.8 Å². The highest BCUT2D eigenvalue weighted by atomic mass is 32.2. The van der Waals surface area contributed by atoms with Gasteiger partial charge >= 0.3 is 5.97 Å². The van der Waals surface area contributed by atoms with E-state index < -0.39 is 235 Å². The van der Waals surface area contributed by atoms with Crippen molar-refractivity contribution in [2.75, 3.05) is 31.7 Å². The Morgan fingerprint density at radius 1 is 0.443 bits per heavy atom. The number of carbonyl (C=O) groups excluding carboxylic acids is 16. The molecular weight excluding hydrogens is 1520 g/mol. The number of carboxylic acid groups (broad SMARTS) is 1. The topological polar surface area (TPSA) is 662 Å². The van der Waals surface area contributed by atoms with Gasteiger partial charge in [-0.25, -0.2) is 4.79 Å². The Labute approximate surface area is 675 Å². The SMILES string of the molecule is CC[C@H](C)[C@H](NC(=O)[C@H](CC(N)=O)NC(=O)[C@H](CO)NC(=O)[C@@H](NC(=O)[C@@H](NC(=O)[C@H](CCSC)NC(=O)[C@H](CCCN=C(N)N)NC(=O)[C@H](CC(C)C)NC(=O)[C@H](CC(N)=O)NC(=O)CNC(=O)[C@H](CC(C)C)NC(=O)[C@H](C)NC(=O)[C@@H](NC(=O)[C@@H](N)C(C)C)[C@@H](C)O)C(C)C)[C@@H](C)CC)C(=O)N[C@@H](Cc1ccccc1)C(=O)O. The van der Waals surface area contributed by atoms with Gasteiger partial charge in [0.2, 0.25) is 94.5 Å². The van der Waals surface area contributed by atoms with Gasteiger partial charge in [0.05, 0.1) is 38.1 Å². The first-order valence-corrected chi connectivity index (χ1v) is 39.8. The van der Waals surface area contributed by atoms with Crippen molar-refractivity contribution in [2.45, 2.75) is 252 Å². The molecule has 0 aliphatic carbocycles. The van der Waals surface area contributed by atoms with Crippen LogP contribution in [0.3, 0.4) is 0 Å². The number of aliphatic imine (C=N–C) groups is 1. The summed E-state index contributed by atoms with van der Waals surface area (Å²) < 4.78 is 0. The second-order valence-corrected chi connectivity index (χ2v) is 31.0. The van der Waals surface area contributed by atoms with Gasteiger partial charge in [-0.2, -0.15) is 11.8 Å². The fraction of sp³-hybridized carbons (Fsp3) is 0.676. The molecule has 648 valence electrons. The van der Waals surface area contributed by atoms with Crippen molar-refractivity contribution in [1.29, 1.82) is 0 Å². The molecule has 40 nitrogen and oxygen atoms in total. The van der Waals surface area contributed by atoms with Crippen molar-refractivity contribution >= 4 is 118 Å². The molecule has 0 aliphatic rings. The Bertz CT molecular complexity index is 3480. The molecule has 0 aromatic heterocycles. The van der Waals surface area contributed by atoms with E-state index in [0.29, 0.717) is 5.56 Å². The lowest BCUT2D eigenvalue weighted by Crippen LogP contribution is -2.62. The number of thioether (sulfide) groups is 1. The molecule has 0 unspecified atom stereocenters. The van der Waals surface area contributed by atoms with E-state index >= 15 is 0 Å². The van der Waals surface area contributed by atoms with E-state index in [0.717, 1.165) is 0 Å². The summed E-state index contributed by atoms with van der Waals surface area (Å²) in [5.41, 5.74) is 28.6. The van der Waals surface area contributed by atoms with Gasteiger partial charge in [-0.3, -0.25) is 81.7 Å². The molecule has 0 fully saturated rings. The van der Waals surface area contributed by atoms with Crippen LogP contribution in [0.4, 0.5) is 0 Å². The molecule has 16 amide bonds. The van der Waals surface area contributed by atoms with Crippen LogP contribution in [-0.4, -0.2) is 244 Å². The minimum Gasteiger partial charge on any atom is -0.480 e. The van der Waals surface area contributed by atoms with E-state index in [1.54, 1.807) is 120 Å². The highest BCUT2D eigenvalue weighted by Gasteiger charge is 2.40. The highest BCUT2D eigenvalue weighted by Crippen LogP contribution is 2.17. The molecule has 0 saturated carbocycles. The van der Waals surface area contributed by atoms with Crippen molar-refractivity contribution in [3.8, 4) is 0 Å². The maximum absolute atomic E-state index is 14.6. The lowest BCUT2D eigenvalue weighted by Gasteiger charge is -2.30. The highest BCUT2D eigenvalue weighted by molar-refractivity contribution is 7.98. The van der Waals surface area contributed by atoms with E-state index in [4.69, 9.17) is 28.7 Å². The second-order valence-electron chi connectivity index (χ2n) is 30.0. The number of hydrogen-bond acceptors (Lipinski definition) is 22. The van der Waals surface area contributed by atoms with Crippen LogP contribution in [0, 0.1) is 35.5 Å². The Balaban J connectivity index is 3.52. The van der Waals surface area contributed by atoms with Crippen molar-refractivity contribution in [1.82, 2.24) is 74.4 Å². The molecule has 0 radical (unpaired) electrons. The van der Waals surface area contributed by atoms with Gasteiger partial charge in [0.15, 0.2) is 5.96 Å². The average molecular weight is 1650 g/mol. The summed E-state index contributed by atoms with van der Waals surface area (Å²) in [6.07, 6.45) is -1.30. The molecule has 17 atom stereocenters. The lowest BCUT2D eigenvalue weighted by atomic mass is 9.96. The maximum atomic E-state index is 14.6. The molecule has 1 rings (SSSR count). The number of aliphatic hydroxyl groups excluding tert-OH is 2. The van der Waals surface area contributed by atoms with Gasteiger partial charge in [-0.1, -0.05) is 126 Å². The number of nitrogens with zero attached hydrogens (tertiary/aromatic N) is 1. The number of rotatable bonds is 54. The molecule has 0 bridgehead atoms. The third kappa shape index (κ3) is 38.1. The van der Waals surface area contributed by atoms with E-state index in [2.05, 4.69) is 79.4 Å². The predicted molar refractivity (Wildman–Crippen MR) is 426 cm³/mol. The summed E-state index contributed by atoms with van der Waals surface area (Å²) in [4.78, 5) is 236. The van der Waals surface area contributed by atoms with Crippen LogP contribution in [-0.2, 0) is 87.9 Å². The zero-order valence-electron chi connectivity index (χ0n) is 68.4. The van der Waals surface area contributed by atoms with E-state index in [-0.39, 0.29) is 87.4 Å². The molecule has 115 heavy (non-hydrogen) atoms. The van der Waals surface area contributed by atoms with Crippen molar-refractivity contribution in [2.24, 2.45) is 69.2 Å². The number of aliphatic carboxylic acids is 1. The van der Waals surface area contributed by atoms with Gasteiger partial charge in [-0.05, 0) is 99.0 Å². The quantitative estimate of drug-likeness (QED) is 0.0164. The van der Waals surface area contributed by atoms with Crippen molar-refractivity contribution in [3.05, 3.63) is 35.9 Å². The molecule has 0 aliphatic heterocycles. The van der Waals surface area contributed by atoms with Gasteiger partial charge in [0, 0.05) is 13.0 Å². The number of aliphatic hydroxyl groups is 2. The maximum Gasteiger partial charge on any atom is 0.326 e. The summed E-state index contributed by atoms with van der Waals surface area (Å²) in [7, 11) is 0. The number of guanidine groups is 1. The summed E-state index contributed by atoms with van der Waals surface area (Å²) in [6, 6.07) is -12.4. The molecule has 1 aromatic carbocycles. The Morgan fingerprint density at radius 2 is 0.843 bits per heavy atom. The molecule has 0 saturated heterocycles. The second kappa shape index (κ2) is 52.2. The summed E-state index contributed by atoms with van der Waals surface area (Å²) >= 11 is 1.29. The largest absolute Gasteiger partial charge is 0.480 e. The smallest absolute Gasteiger partial charge is 0.326 e. The summed E-state index contributed by atoms with van der Waals surface area (Å²) in [5, 5.41) is 65.4. The Hall–Kier alpha value is -10.3. The number of nitrogens with one attached hydrogen (secondary N) is 14. The fourth-order valence-corrected chi connectivity index (χ4v) is 11.7. The molecule has 41 heteroatoms. The van der Waals surface area contributed by atoms with Crippen LogP contribution in [0.15, 0.2) is 35.3 Å². The monoisotopic (exact) mass is 1650 g/mol. The van der Waals surface area contributed by atoms with Gasteiger partial charge in [0.25, 0.3) is 0 Å². The molecule has 27 N–H and O–H groups in total. The van der Waals surface area contributed by atoms with Crippen molar-refractivity contribution < 1.29 is 96.8 Å². The number of amides is 16. The minimum atomic E-state index is -1.86. The van der Waals surface area contributed by atoms with Crippen LogP contribution in [0.1, 0.15) is 160 Å². The molecule has 0 spiro atoms. The van der Waals surface area contributed by atoms with Crippen LogP contribution in [0.25, 0.3) is 0 Å². The standard InChI is InChI=1S/C74H126N20O20S/c1-16-39(11)57(70(110)89-50(73(113)114)30-43-22-19-18-20-23-43)92-66(106)49(32-53(76)98)88-67(107)51(34-95)90-71(111)58(40(12)17-2)93-69(109)56(38(9)10)91-63(103)45(25-27-115-15)85-62(102)44(24-21-26-80-74(78)79)84-64(104)47(29-36(5)6)87-65(105)48(31-52(75)97)83-54(99)33-81-61(101)46(28-35(3)4)86-60(100)41(13)82-72(112)59(42(14)96)94-68(108)55(77)37(7)8/h18-20,22-23,35-42,44-51,55-59,95-96H,16-17,21,24-34,77H2,1-15H3,(H2,75,97)(H2,76,98)(H,81,101)(H,82,112)(H,83,99)(H,84,104)(H,85,102)(H,86,100)(H,87,105)(H,88,107)(H,89,110)(H,90,111)(H,91,103)(H,92,106)(H,93,109)(H,94,108)(H,113,114)(H4,78,79,80)/t39-,40-,41-,42+,44-,45-,46-,47-,48-,49-,50-,51-,55-,56-,57-,58-,59-/m0/s1. The Kier molecular flexibility index (Phi) is 46.7. The Morgan fingerprint density at radius 3 is 1.31 bits per heavy atom. The van der Waals surface area contributed by atoms with Crippen LogP contribution in [0.5, 0.6) is 0 Å². The molecule has 0 heterocycles. The van der Waals surface area contributed by atoms with Gasteiger partial charge in [0.1, 0.15) is 78.5 Å². The predicted octanol–water partition coefficient (Wildman–Crippen LogP) is -5.49. The number of carbonyl (C=O) groups is 17. The average Bonchev–Trinajstić information content (AvgIpc) is 0.831. The molecular formula is C74H126N20O20S. The third-order valence-electron chi connectivity index (χ3n) is 18.4. The first kappa shape index (κ1) is 103. The first-order chi connectivity index (χ1) is 53.7. The third-order valence-corrected chi connectivity index (χ3v) is 19.0. The summed E-state index contributed by atoms with van der Waals surface area (Å²) in [5.74, 6) is -20.1. The fourth-order valence-electron chi connectivity index (χ4n) is 11.2. The molecule has 1 aromatic rings. The van der Waals surface area contributed by atoms with E-state index in [1.165, 1.54) is 25.6 Å². The number of hydrogen-bond donors (Lipinski definition) is 22.